The minimum Gasteiger partial charge on any atom is -0.394 e. The van der Waals surface area contributed by atoms with Crippen LogP contribution in [0.5, 0.6) is 0 Å². The number of hydrogen-bond donors (Lipinski definition) is 1. The molecular formula is C13H16N2O4. The average molecular weight is 264 g/mol. The first-order chi connectivity index (χ1) is 9.02. The molecule has 0 saturated carbocycles. The van der Waals surface area contributed by atoms with Crippen LogP contribution in [0.1, 0.15) is 28.8 Å². The molecule has 1 fully saturated rings. The van der Waals surface area contributed by atoms with E-state index in [1.165, 1.54) is 12.1 Å². The maximum Gasteiger partial charge on any atom is 0.270 e. The van der Waals surface area contributed by atoms with E-state index in [0.29, 0.717) is 17.7 Å². The first-order valence-corrected chi connectivity index (χ1v) is 6.21. The van der Waals surface area contributed by atoms with Crippen molar-refractivity contribution in [2.75, 3.05) is 13.2 Å². The summed E-state index contributed by atoms with van der Waals surface area (Å²) in [5.41, 5.74) is 0.910. The number of aryl methyl sites for hydroxylation is 1. The molecule has 1 aliphatic rings. The molecule has 2 rings (SSSR count). The van der Waals surface area contributed by atoms with Crippen LogP contribution in [0.4, 0.5) is 5.69 Å². The molecule has 1 N–H and O–H groups in total. The second kappa shape index (κ2) is 5.36. The van der Waals surface area contributed by atoms with Crippen LogP contribution in [0, 0.1) is 17.0 Å². The number of hydrogen-bond acceptors (Lipinski definition) is 4. The Morgan fingerprint density at radius 3 is 2.89 bits per heavy atom. The molecule has 1 heterocycles. The highest BCUT2D eigenvalue weighted by Gasteiger charge is 2.29. The molecule has 0 unspecified atom stereocenters. The van der Waals surface area contributed by atoms with Gasteiger partial charge in [0.25, 0.3) is 11.6 Å². The monoisotopic (exact) mass is 264 g/mol. The average Bonchev–Trinajstić information content (AvgIpc) is 2.85. The minimum atomic E-state index is -0.503. The summed E-state index contributed by atoms with van der Waals surface area (Å²) in [5, 5.41) is 20.0. The predicted molar refractivity (Wildman–Crippen MR) is 69.0 cm³/mol. The van der Waals surface area contributed by atoms with E-state index >= 15 is 0 Å². The highest BCUT2D eigenvalue weighted by Crippen LogP contribution is 2.23. The Morgan fingerprint density at radius 2 is 2.26 bits per heavy atom. The van der Waals surface area contributed by atoms with Crippen molar-refractivity contribution in [3.05, 3.63) is 39.4 Å². The van der Waals surface area contributed by atoms with Gasteiger partial charge in [-0.15, -0.1) is 0 Å². The molecule has 0 radical (unpaired) electrons. The van der Waals surface area contributed by atoms with Gasteiger partial charge in [-0.1, -0.05) is 0 Å². The molecule has 0 aliphatic carbocycles. The lowest BCUT2D eigenvalue weighted by atomic mass is 10.1. The Labute approximate surface area is 110 Å². The van der Waals surface area contributed by atoms with E-state index in [9.17, 15) is 20.0 Å². The summed E-state index contributed by atoms with van der Waals surface area (Å²) in [4.78, 5) is 24.2. The van der Waals surface area contributed by atoms with Gasteiger partial charge in [0.15, 0.2) is 0 Å². The second-order valence-electron chi connectivity index (χ2n) is 4.79. The fourth-order valence-electron chi connectivity index (χ4n) is 2.45. The molecule has 6 heteroatoms. The van der Waals surface area contributed by atoms with Gasteiger partial charge in [0, 0.05) is 24.2 Å². The second-order valence-corrected chi connectivity index (χ2v) is 4.79. The zero-order chi connectivity index (χ0) is 14.0. The third kappa shape index (κ3) is 2.73. The van der Waals surface area contributed by atoms with Crippen LogP contribution in [0.25, 0.3) is 0 Å². The van der Waals surface area contributed by atoms with E-state index in [4.69, 9.17) is 0 Å². The lowest BCUT2D eigenvalue weighted by Gasteiger charge is -2.23. The molecule has 1 aromatic rings. The van der Waals surface area contributed by atoms with Crippen molar-refractivity contribution in [3.8, 4) is 0 Å². The smallest absolute Gasteiger partial charge is 0.270 e. The lowest BCUT2D eigenvalue weighted by molar-refractivity contribution is -0.384. The highest BCUT2D eigenvalue weighted by atomic mass is 16.6. The van der Waals surface area contributed by atoms with Crippen molar-refractivity contribution in [2.24, 2.45) is 0 Å². The zero-order valence-electron chi connectivity index (χ0n) is 10.7. The van der Waals surface area contributed by atoms with Crippen LogP contribution in [0.3, 0.4) is 0 Å². The Morgan fingerprint density at radius 1 is 1.53 bits per heavy atom. The highest BCUT2D eigenvalue weighted by molar-refractivity contribution is 5.95. The van der Waals surface area contributed by atoms with Crippen LogP contribution in [-0.2, 0) is 0 Å². The Bertz CT molecular complexity index is 515. The molecule has 1 amide bonds. The zero-order valence-corrected chi connectivity index (χ0v) is 10.7. The largest absolute Gasteiger partial charge is 0.394 e. The lowest BCUT2D eigenvalue weighted by Crippen LogP contribution is -2.37. The van der Waals surface area contributed by atoms with Gasteiger partial charge in [-0.2, -0.15) is 0 Å². The third-order valence-electron chi connectivity index (χ3n) is 3.37. The number of rotatable bonds is 3. The molecule has 1 saturated heterocycles. The summed E-state index contributed by atoms with van der Waals surface area (Å²) < 4.78 is 0. The fourth-order valence-corrected chi connectivity index (χ4v) is 2.45. The predicted octanol–water partition coefficient (Wildman–Crippen LogP) is 1.50. The van der Waals surface area contributed by atoms with Gasteiger partial charge in [0.05, 0.1) is 17.6 Å². The molecule has 1 aliphatic heterocycles. The van der Waals surface area contributed by atoms with Crippen LogP contribution < -0.4 is 0 Å². The molecule has 0 spiro atoms. The topological polar surface area (TPSA) is 83.7 Å². The van der Waals surface area contributed by atoms with Crippen LogP contribution >= 0.6 is 0 Å². The summed E-state index contributed by atoms with van der Waals surface area (Å²) in [7, 11) is 0. The van der Waals surface area contributed by atoms with E-state index in [2.05, 4.69) is 0 Å². The molecule has 1 aromatic carbocycles. The number of amides is 1. The number of aliphatic hydroxyl groups excluding tert-OH is 1. The van der Waals surface area contributed by atoms with E-state index in [1.807, 2.05) is 0 Å². The van der Waals surface area contributed by atoms with Gasteiger partial charge < -0.3 is 10.0 Å². The molecule has 0 aromatic heterocycles. The molecule has 102 valence electrons. The summed E-state index contributed by atoms with van der Waals surface area (Å²) in [6.07, 6.45) is 1.63. The molecule has 6 nitrogen and oxygen atoms in total. The van der Waals surface area contributed by atoms with Crippen LogP contribution in [0.15, 0.2) is 18.2 Å². The maximum atomic E-state index is 12.3. The fraction of sp³-hybridized carbons (Fsp3) is 0.462. The van der Waals surface area contributed by atoms with E-state index in [-0.39, 0.29) is 24.2 Å². The number of carbonyl (C=O) groups is 1. The van der Waals surface area contributed by atoms with Crippen LogP contribution in [-0.4, -0.2) is 40.0 Å². The number of benzene rings is 1. The molecule has 1 atom stereocenters. The van der Waals surface area contributed by atoms with Gasteiger partial charge in [-0.05, 0) is 31.4 Å². The number of nitrogens with zero attached hydrogens (tertiary/aromatic N) is 2. The Balaban J connectivity index is 2.30. The summed E-state index contributed by atoms with van der Waals surface area (Å²) in [6.45, 7) is 2.24. The maximum absolute atomic E-state index is 12.3. The number of nitro groups is 1. The number of likely N-dealkylation sites (tertiary alicyclic amines) is 1. The van der Waals surface area contributed by atoms with Gasteiger partial charge >= 0.3 is 0 Å². The van der Waals surface area contributed by atoms with Gasteiger partial charge in [-0.25, -0.2) is 0 Å². The van der Waals surface area contributed by atoms with Crippen LogP contribution in [0.2, 0.25) is 0 Å². The van der Waals surface area contributed by atoms with Crippen molar-refractivity contribution in [1.82, 2.24) is 4.90 Å². The van der Waals surface area contributed by atoms with Gasteiger partial charge in [0.1, 0.15) is 0 Å². The van der Waals surface area contributed by atoms with Crippen molar-refractivity contribution in [3.63, 3.8) is 0 Å². The number of carbonyl (C=O) groups excluding carboxylic acids is 1. The first kappa shape index (κ1) is 13.5. The molecule has 0 bridgehead atoms. The van der Waals surface area contributed by atoms with Crippen molar-refractivity contribution in [2.45, 2.75) is 25.8 Å². The summed E-state index contributed by atoms with van der Waals surface area (Å²) >= 11 is 0. The SMILES string of the molecule is Cc1cc(C(=O)N2CCC[C@@H]2CO)cc([N+](=O)[O-])c1. The molecular weight excluding hydrogens is 248 g/mol. The third-order valence-corrected chi connectivity index (χ3v) is 3.37. The first-order valence-electron chi connectivity index (χ1n) is 6.21. The van der Waals surface area contributed by atoms with E-state index < -0.39 is 4.92 Å². The van der Waals surface area contributed by atoms with E-state index in [1.54, 1.807) is 17.9 Å². The normalized spacial score (nSPS) is 18.6. The minimum absolute atomic E-state index is 0.0698. The van der Waals surface area contributed by atoms with Crippen molar-refractivity contribution >= 4 is 11.6 Å². The summed E-state index contributed by atoms with van der Waals surface area (Å²) in [5.74, 6) is -0.247. The standard InChI is InChI=1S/C13H16N2O4/c1-9-5-10(7-12(6-9)15(18)19)13(17)14-4-2-3-11(14)8-16/h5-7,11,16H,2-4,8H2,1H3/t11-/m1/s1. The van der Waals surface area contributed by atoms with E-state index in [0.717, 1.165) is 12.8 Å². The van der Waals surface area contributed by atoms with Crippen molar-refractivity contribution in [1.29, 1.82) is 0 Å². The molecule has 19 heavy (non-hydrogen) atoms. The number of aliphatic hydroxyl groups is 1. The van der Waals surface area contributed by atoms with Gasteiger partial charge in [-0.3, -0.25) is 14.9 Å². The Kier molecular flexibility index (Phi) is 3.80. The Hall–Kier alpha value is -1.95. The quantitative estimate of drug-likeness (QED) is 0.662. The summed E-state index contributed by atoms with van der Waals surface area (Å²) in [6, 6.07) is 4.20. The number of nitro benzene ring substituents is 1. The van der Waals surface area contributed by atoms with Gasteiger partial charge in [0.2, 0.25) is 0 Å². The van der Waals surface area contributed by atoms with Crippen molar-refractivity contribution < 1.29 is 14.8 Å². The number of non-ortho nitro benzene ring substituents is 1.